The van der Waals surface area contributed by atoms with E-state index in [0.717, 1.165) is 49.8 Å². The fourth-order valence-corrected chi connectivity index (χ4v) is 2.83. The zero-order valence-electron chi connectivity index (χ0n) is 12.0. The first-order valence-electron chi connectivity index (χ1n) is 6.99. The number of aromatic amines is 1. The number of nitrogens with zero attached hydrogens (tertiary/aromatic N) is 1. The second kappa shape index (κ2) is 7.66. The summed E-state index contributed by atoms with van der Waals surface area (Å²) in [7, 11) is 0. The first-order valence-corrected chi connectivity index (χ1v) is 6.99. The molecule has 1 aromatic heterocycles. The van der Waals surface area contributed by atoms with Crippen molar-refractivity contribution in [3.8, 4) is 5.75 Å². The molecule has 118 valence electrons. The van der Waals surface area contributed by atoms with Crippen LogP contribution in [0.4, 0.5) is 0 Å². The topological polar surface area (TPSA) is 96.8 Å². The van der Waals surface area contributed by atoms with Crippen LogP contribution in [0.25, 0.3) is 10.9 Å². The summed E-state index contributed by atoms with van der Waals surface area (Å²) >= 11 is 0. The molecule has 1 aliphatic heterocycles. The van der Waals surface area contributed by atoms with E-state index in [9.17, 15) is 5.11 Å². The largest absolute Gasteiger partial charge is 0.508 e. The molecule has 6 heteroatoms. The second-order valence-electron chi connectivity index (χ2n) is 5.47. The summed E-state index contributed by atoms with van der Waals surface area (Å²) in [6, 6.07) is 5.87. The summed E-state index contributed by atoms with van der Waals surface area (Å²) in [6.07, 6.45) is 5.28. The molecule has 0 spiro atoms. The fraction of sp³-hybridized carbons (Fsp3) is 0.467. The first-order chi connectivity index (χ1) is 9.22. The highest BCUT2D eigenvalue weighted by molar-refractivity contribution is 5.85. The molecule has 0 amide bonds. The Kier molecular flexibility index (Phi) is 6.48. The highest BCUT2D eigenvalue weighted by atomic mass is 35.5. The van der Waals surface area contributed by atoms with Gasteiger partial charge in [-0.3, -0.25) is 0 Å². The molecule has 1 fully saturated rings. The van der Waals surface area contributed by atoms with Gasteiger partial charge in [0.1, 0.15) is 5.75 Å². The monoisotopic (exact) mass is 313 g/mol. The van der Waals surface area contributed by atoms with Gasteiger partial charge in [-0.15, -0.1) is 12.4 Å². The van der Waals surface area contributed by atoms with Crippen molar-refractivity contribution in [2.45, 2.75) is 25.3 Å². The fourth-order valence-electron chi connectivity index (χ4n) is 2.83. The minimum absolute atomic E-state index is 0. The number of aromatic nitrogens is 1. The van der Waals surface area contributed by atoms with Crippen LogP contribution in [0.15, 0.2) is 24.4 Å². The lowest BCUT2D eigenvalue weighted by molar-refractivity contribution is 0.216. The molecule has 5 nitrogen and oxygen atoms in total. The van der Waals surface area contributed by atoms with E-state index in [2.05, 4.69) is 16.1 Å². The molecule has 21 heavy (non-hydrogen) atoms. The molecular formula is C15H24ClN3O2. The summed E-state index contributed by atoms with van der Waals surface area (Å²) in [4.78, 5) is 5.74. The summed E-state index contributed by atoms with van der Waals surface area (Å²) in [6.45, 7) is 3.28. The Hall–Kier alpha value is -1.27. The van der Waals surface area contributed by atoms with Crippen molar-refractivity contribution in [3.05, 3.63) is 30.0 Å². The van der Waals surface area contributed by atoms with Crippen LogP contribution in [0, 0.1) is 0 Å². The lowest BCUT2D eigenvalue weighted by atomic mass is 10.0. The standard InChI is InChI=1S/C15H21N3O.ClH.H2O/c16-12-4-7-18(8-5-12)6-3-11-10-17-15-2-1-13(19)9-14(11)15;;/h1-2,9-10,12,17,19H,3-8,16H2;1H;1H2. The van der Waals surface area contributed by atoms with E-state index < -0.39 is 0 Å². The molecule has 1 aromatic carbocycles. The molecule has 0 saturated carbocycles. The quantitative estimate of drug-likeness (QED) is 0.799. The van der Waals surface area contributed by atoms with Gasteiger partial charge >= 0.3 is 0 Å². The van der Waals surface area contributed by atoms with Crippen molar-refractivity contribution in [3.63, 3.8) is 0 Å². The number of nitrogens with two attached hydrogens (primary N) is 1. The van der Waals surface area contributed by atoms with Gasteiger partial charge in [-0.25, -0.2) is 0 Å². The number of benzene rings is 1. The van der Waals surface area contributed by atoms with E-state index in [0.29, 0.717) is 11.8 Å². The third-order valence-electron chi connectivity index (χ3n) is 4.08. The number of piperidine rings is 1. The van der Waals surface area contributed by atoms with Gasteiger partial charge in [-0.1, -0.05) is 0 Å². The second-order valence-corrected chi connectivity index (χ2v) is 5.47. The zero-order chi connectivity index (χ0) is 13.2. The van der Waals surface area contributed by atoms with Crippen LogP contribution in [0.3, 0.4) is 0 Å². The molecule has 3 rings (SSSR count). The van der Waals surface area contributed by atoms with Crippen molar-refractivity contribution in [1.82, 2.24) is 9.88 Å². The zero-order valence-corrected chi connectivity index (χ0v) is 12.8. The van der Waals surface area contributed by atoms with E-state index >= 15 is 0 Å². The Labute approximate surface area is 130 Å². The maximum Gasteiger partial charge on any atom is 0.116 e. The molecule has 0 bridgehead atoms. The third-order valence-corrected chi connectivity index (χ3v) is 4.08. The van der Waals surface area contributed by atoms with Gasteiger partial charge in [0.25, 0.3) is 0 Å². The van der Waals surface area contributed by atoms with Crippen LogP contribution in [0.5, 0.6) is 5.75 Å². The predicted octanol–water partition coefficient (Wildman–Crippen LogP) is 1.44. The van der Waals surface area contributed by atoms with E-state index in [-0.39, 0.29) is 17.9 Å². The maximum absolute atomic E-state index is 9.58. The molecule has 0 atom stereocenters. The minimum Gasteiger partial charge on any atom is -0.508 e. The summed E-state index contributed by atoms with van der Waals surface area (Å²) in [5.74, 6) is 0.331. The molecular weight excluding hydrogens is 290 g/mol. The van der Waals surface area contributed by atoms with E-state index in [1.54, 1.807) is 6.07 Å². The smallest absolute Gasteiger partial charge is 0.116 e. The number of likely N-dealkylation sites (tertiary alicyclic amines) is 1. The molecule has 2 heterocycles. The highest BCUT2D eigenvalue weighted by Crippen LogP contribution is 2.23. The van der Waals surface area contributed by atoms with Crippen molar-refractivity contribution in [2.24, 2.45) is 5.73 Å². The highest BCUT2D eigenvalue weighted by Gasteiger charge is 2.16. The molecule has 6 N–H and O–H groups in total. The minimum atomic E-state index is 0. The lowest BCUT2D eigenvalue weighted by Gasteiger charge is -2.29. The third kappa shape index (κ3) is 4.11. The average molecular weight is 314 g/mol. The summed E-state index contributed by atoms with van der Waals surface area (Å²) < 4.78 is 0. The van der Waals surface area contributed by atoms with Crippen molar-refractivity contribution in [2.75, 3.05) is 19.6 Å². The normalized spacial score (nSPS) is 16.4. The molecule has 0 unspecified atom stereocenters. The predicted molar refractivity (Wildman–Crippen MR) is 88.2 cm³/mol. The van der Waals surface area contributed by atoms with Gasteiger partial charge in [-0.2, -0.15) is 0 Å². The number of hydrogen-bond donors (Lipinski definition) is 3. The summed E-state index contributed by atoms with van der Waals surface area (Å²) in [5, 5.41) is 10.7. The lowest BCUT2D eigenvalue weighted by Crippen LogP contribution is -2.40. The van der Waals surface area contributed by atoms with Crippen molar-refractivity contribution < 1.29 is 10.6 Å². The number of halogens is 1. The van der Waals surface area contributed by atoms with E-state index in [1.807, 2.05) is 12.1 Å². The van der Waals surface area contributed by atoms with Crippen molar-refractivity contribution in [1.29, 1.82) is 0 Å². The number of H-pyrrole nitrogens is 1. The number of fused-ring (bicyclic) bond motifs is 1. The SMILES string of the molecule is Cl.NC1CCN(CCc2c[nH]c3ccc(O)cc23)CC1.O. The van der Waals surface area contributed by atoms with Crippen LogP contribution in [0.1, 0.15) is 18.4 Å². The maximum atomic E-state index is 9.58. The molecule has 2 aromatic rings. The Bertz CT molecular complexity index is 565. The molecule has 1 aliphatic rings. The van der Waals surface area contributed by atoms with Crippen LogP contribution in [0.2, 0.25) is 0 Å². The van der Waals surface area contributed by atoms with E-state index in [1.165, 1.54) is 5.56 Å². The number of rotatable bonds is 3. The Morgan fingerprint density at radius 2 is 2.00 bits per heavy atom. The van der Waals surface area contributed by atoms with Crippen molar-refractivity contribution >= 4 is 23.3 Å². The molecule has 1 saturated heterocycles. The van der Waals surface area contributed by atoms with Crippen LogP contribution in [-0.4, -0.2) is 46.1 Å². The number of aromatic hydroxyl groups is 1. The Balaban J connectivity index is 0.00000110. The summed E-state index contributed by atoms with van der Waals surface area (Å²) in [5.41, 5.74) is 8.29. The van der Waals surface area contributed by atoms with Gasteiger partial charge in [0.2, 0.25) is 0 Å². The van der Waals surface area contributed by atoms with Gasteiger partial charge in [0.05, 0.1) is 0 Å². The number of phenols is 1. The number of phenolic OH excluding ortho intramolecular Hbond substituents is 1. The van der Waals surface area contributed by atoms with Gasteiger partial charge in [0.15, 0.2) is 0 Å². The molecule has 0 radical (unpaired) electrons. The average Bonchev–Trinajstić information content (AvgIpc) is 2.80. The van der Waals surface area contributed by atoms with Gasteiger partial charge in [0, 0.05) is 29.7 Å². The first kappa shape index (κ1) is 17.8. The van der Waals surface area contributed by atoms with Crippen LogP contribution in [-0.2, 0) is 6.42 Å². The van der Waals surface area contributed by atoms with Crippen LogP contribution >= 0.6 is 12.4 Å². The van der Waals surface area contributed by atoms with Gasteiger partial charge < -0.3 is 26.2 Å². The number of nitrogens with one attached hydrogen (secondary N) is 1. The van der Waals surface area contributed by atoms with Crippen LogP contribution < -0.4 is 5.73 Å². The van der Waals surface area contributed by atoms with Gasteiger partial charge in [-0.05, 0) is 56.1 Å². The number of hydrogen-bond acceptors (Lipinski definition) is 3. The molecule has 0 aliphatic carbocycles. The Morgan fingerprint density at radius 3 is 2.71 bits per heavy atom. The Morgan fingerprint density at radius 1 is 1.29 bits per heavy atom. The van der Waals surface area contributed by atoms with E-state index in [4.69, 9.17) is 5.73 Å².